The first-order chi connectivity index (χ1) is 13.4. The summed E-state index contributed by atoms with van der Waals surface area (Å²) < 4.78 is 51.6. The van der Waals surface area contributed by atoms with E-state index in [1.165, 1.54) is 24.5 Å². The molecule has 28 heavy (non-hydrogen) atoms. The molecule has 1 N–H and O–H groups in total. The smallest absolute Gasteiger partial charge is 0.378 e. The van der Waals surface area contributed by atoms with Crippen molar-refractivity contribution in [2.75, 3.05) is 38.2 Å². The second-order valence-corrected chi connectivity index (χ2v) is 6.70. The molecule has 2 saturated heterocycles. The number of hydrogen-bond donors (Lipinski definition) is 1. The minimum atomic E-state index is -4.57. The third-order valence-electron chi connectivity index (χ3n) is 4.74. The van der Waals surface area contributed by atoms with Gasteiger partial charge in [-0.05, 0) is 12.1 Å². The number of rotatable bonds is 2. The molecule has 2 aromatic heterocycles. The van der Waals surface area contributed by atoms with Gasteiger partial charge in [-0.25, -0.2) is 14.5 Å². The first-order valence-electron chi connectivity index (χ1n) is 8.72. The molecule has 0 saturated carbocycles. The number of ether oxygens (including phenoxy) is 2. The summed E-state index contributed by atoms with van der Waals surface area (Å²) in [6.45, 7) is 2.22. The molecule has 0 aliphatic carbocycles. The molecule has 0 radical (unpaired) electrons. The highest BCUT2D eigenvalue weighted by Crippen LogP contribution is 2.32. The molecule has 0 bridgehead atoms. The molecule has 2 aliphatic heterocycles. The standard InChI is InChI=1S/C17H18F3N5O3/c18-17(19,20)12-2-1-5-21-14(12)25-6-3-13(23-25)22-15(26)24-7-9-28-16(10-24)4-8-27-11-16/h1-3,5-6H,4,7-11H2,(H,22,23,26). The first kappa shape index (κ1) is 18.7. The van der Waals surface area contributed by atoms with E-state index in [2.05, 4.69) is 15.4 Å². The van der Waals surface area contributed by atoms with Gasteiger partial charge in [0.15, 0.2) is 11.6 Å². The van der Waals surface area contributed by atoms with Gasteiger partial charge in [0.1, 0.15) is 11.2 Å². The lowest BCUT2D eigenvalue weighted by molar-refractivity contribution is -0.137. The lowest BCUT2D eigenvalue weighted by Crippen LogP contribution is -2.55. The summed E-state index contributed by atoms with van der Waals surface area (Å²) in [4.78, 5) is 17.9. The minimum Gasteiger partial charge on any atom is -0.378 e. The highest BCUT2D eigenvalue weighted by molar-refractivity contribution is 5.88. The van der Waals surface area contributed by atoms with Crippen molar-refractivity contribution >= 4 is 11.8 Å². The summed E-state index contributed by atoms with van der Waals surface area (Å²) in [5.41, 5.74) is -1.39. The number of urea groups is 1. The molecule has 11 heteroatoms. The van der Waals surface area contributed by atoms with E-state index in [4.69, 9.17) is 9.47 Å². The molecular formula is C17H18F3N5O3. The molecule has 150 valence electrons. The molecule has 4 rings (SSSR count). The fraction of sp³-hybridized carbons (Fsp3) is 0.471. The van der Waals surface area contributed by atoms with Gasteiger partial charge in [-0.1, -0.05) is 0 Å². The SMILES string of the molecule is O=C(Nc1ccn(-c2ncccc2C(F)(F)F)n1)N1CCOC2(CCOC2)C1. The van der Waals surface area contributed by atoms with Gasteiger partial charge in [0.05, 0.1) is 19.8 Å². The third kappa shape index (κ3) is 3.67. The molecule has 2 fully saturated rings. The van der Waals surface area contributed by atoms with Crippen LogP contribution in [0.2, 0.25) is 0 Å². The van der Waals surface area contributed by atoms with E-state index in [0.29, 0.717) is 39.3 Å². The Morgan fingerprint density at radius 1 is 1.29 bits per heavy atom. The van der Waals surface area contributed by atoms with E-state index in [0.717, 1.165) is 10.7 Å². The quantitative estimate of drug-likeness (QED) is 0.841. The van der Waals surface area contributed by atoms with Gasteiger partial charge in [0.25, 0.3) is 0 Å². The summed E-state index contributed by atoms with van der Waals surface area (Å²) in [6.07, 6.45) is -1.28. The Morgan fingerprint density at radius 3 is 2.89 bits per heavy atom. The van der Waals surface area contributed by atoms with Crippen molar-refractivity contribution in [3.05, 3.63) is 36.2 Å². The monoisotopic (exact) mass is 397 g/mol. The number of pyridine rings is 1. The number of hydrogen-bond acceptors (Lipinski definition) is 5. The maximum Gasteiger partial charge on any atom is 0.420 e. The van der Waals surface area contributed by atoms with Gasteiger partial charge in [0.2, 0.25) is 0 Å². The van der Waals surface area contributed by atoms with Crippen LogP contribution in [-0.4, -0.2) is 64.2 Å². The number of nitrogens with one attached hydrogen (secondary N) is 1. The second-order valence-electron chi connectivity index (χ2n) is 6.70. The van der Waals surface area contributed by atoms with Crippen LogP contribution in [0.1, 0.15) is 12.0 Å². The van der Waals surface area contributed by atoms with Gasteiger partial charge < -0.3 is 14.4 Å². The Labute approximate surface area is 158 Å². The molecular weight excluding hydrogens is 379 g/mol. The Bertz CT molecular complexity index is 864. The van der Waals surface area contributed by atoms with Crippen LogP contribution < -0.4 is 5.32 Å². The van der Waals surface area contributed by atoms with Crippen molar-refractivity contribution in [2.45, 2.75) is 18.2 Å². The largest absolute Gasteiger partial charge is 0.420 e. The van der Waals surface area contributed by atoms with Gasteiger partial charge in [-0.2, -0.15) is 13.2 Å². The Hall–Kier alpha value is -2.66. The van der Waals surface area contributed by atoms with Crippen LogP contribution in [0.3, 0.4) is 0 Å². The first-order valence-corrected chi connectivity index (χ1v) is 8.72. The lowest BCUT2D eigenvalue weighted by atomic mass is 10.0. The zero-order chi connectivity index (χ0) is 19.8. The van der Waals surface area contributed by atoms with Crippen molar-refractivity contribution in [3.63, 3.8) is 0 Å². The number of anilines is 1. The fourth-order valence-electron chi connectivity index (χ4n) is 3.34. The van der Waals surface area contributed by atoms with Crippen LogP contribution in [0.5, 0.6) is 0 Å². The van der Waals surface area contributed by atoms with Gasteiger partial charge in [-0.15, -0.1) is 5.10 Å². The molecule has 1 unspecified atom stereocenters. The van der Waals surface area contributed by atoms with Crippen LogP contribution in [0.15, 0.2) is 30.6 Å². The number of halogens is 3. The molecule has 2 aromatic rings. The third-order valence-corrected chi connectivity index (χ3v) is 4.74. The van der Waals surface area contributed by atoms with Gasteiger partial charge >= 0.3 is 12.2 Å². The number of amides is 2. The zero-order valence-electron chi connectivity index (χ0n) is 14.8. The normalized spacial score (nSPS) is 22.6. The number of alkyl halides is 3. The zero-order valence-corrected chi connectivity index (χ0v) is 14.8. The Balaban J connectivity index is 1.48. The van der Waals surface area contributed by atoms with E-state index >= 15 is 0 Å². The average Bonchev–Trinajstić information content (AvgIpc) is 3.31. The van der Waals surface area contributed by atoms with E-state index in [1.54, 1.807) is 4.90 Å². The number of carbonyl (C=O) groups excluding carboxylic acids is 1. The molecule has 4 heterocycles. The summed E-state index contributed by atoms with van der Waals surface area (Å²) in [6, 6.07) is 3.16. The van der Waals surface area contributed by atoms with Crippen LogP contribution in [0.25, 0.3) is 5.82 Å². The summed E-state index contributed by atoms with van der Waals surface area (Å²) >= 11 is 0. The van der Waals surface area contributed by atoms with Gasteiger partial charge in [0, 0.05) is 38.0 Å². The molecule has 2 aliphatic rings. The molecule has 2 amide bonds. The second kappa shape index (κ2) is 7.06. The number of aromatic nitrogens is 3. The van der Waals surface area contributed by atoms with Crippen LogP contribution in [-0.2, 0) is 15.7 Å². The molecule has 1 atom stereocenters. The topological polar surface area (TPSA) is 81.5 Å². The number of morpholine rings is 1. The molecule has 1 spiro atoms. The fourth-order valence-corrected chi connectivity index (χ4v) is 3.34. The van der Waals surface area contributed by atoms with Crippen LogP contribution in [0.4, 0.5) is 23.8 Å². The highest BCUT2D eigenvalue weighted by Gasteiger charge is 2.42. The van der Waals surface area contributed by atoms with Crippen molar-refractivity contribution in [1.29, 1.82) is 0 Å². The summed E-state index contributed by atoms with van der Waals surface area (Å²) in [7, 11) is 0. The lowest BCUT2D eigenvalue weighted by Gasteiger charge is -2.39. The van der Waals surface area contributed by atoms with E-state index in [9.17, 15) is 18.0 Å². The predicted molar refractivity (Wildman–Crippen MR) is 91.1 cm³/mol. The maximum atomic E-state index is 13.2. The van der Waals surface area contributed by atoms with Gasteiger partial charge in [-0.3, -0.25) is 5.32 Å². The molecule has 8 nitrogen and oxygen atoms in total. The minimum absolute atomic E-state index is 0.131. The van der Waals surface area contributed by atoms with Crippen molar-refractivity contribution < 1.29 is 27.4 Å². The predicted octanol–water partition coefficient (Wildman–Crippen LogP) is 2.31. The number of carbonyl (C=O) groups is 1. The Morgan fingerprint density at radius 2 is 2.14 bits per heavy atom. The summed E-state index contributed by atoms with van der Waals surface area (Å²) in [5, 5.41) is 6.63. The molecule has 0 aromatic carbocycles. The Kier molecular flexibility index (Phi) is 4.71. The van der Waals surface area contributed by atoms with E-state index in [1.807, 2.05) is 0 Å². The van der Waals surface area contributed by atoms with E-state index in [-0.39, 0.29) is 11.6 Å². The van der Waals surface area contributed by atoms with Crippen LogP contribution >= 0.6 is 0 Å². The number of nitrogens with zero attached hydrogens (tertiary/aromatic N) is 4. The average molecular weight is 397 g/mol. The maximum absolute atomic E-state index is 13.2. The van der Waals surface area contributed by atoms with Crippen molar-refractivity contribution in [2.24, 2.45) is 0 Å². The van der Waals surface area contributed by atoms with Crippen molar-refractivity contribution in [1.82, 2.24) is 19.7 Å². The van der Waals surface area contributed by atoms with Crippen LogP contribution in [0, 0.1) is 0 Å². The summed E-state index contributed by atoms with van der Waals surface area (Å²) in [5.74, 6) is -0.226. The van der Waals surface area contributed by atoms with Crippen molar-refractivity contribution in [3.8, 4) is 5.82 Å². The van der Waals surface area contributed by atoms with E-state index < -0.39 is 23.4 Å². The highest BCUT2D eigenvalue weighted by atomic mass is 19.4.